The van der Waals surface area contributed by atoms with E-state index in [0.29, 0.717) is 10.6 Å². The van der Waals surface area contributed by atoms with E-state index in [-0.39, 0.29) is 17.5 Å². The van der Waals surface area contributed by atoms with Crippen LogP contribution in [0.15, 0.2) is 97.1 Å². The molecule has 2 atom stereocenters. The zero-order valence-corrected chi connectivity index (χ0v) is 46.3. The molecule has 0 radical (unpaired) electrons. The average Bonchev–Trinajstić information content (AvgIpc) is 3.34. The number of ether oxygens (including phenoxy) is 2. The van der Waals surface area contributed by atoms with E-state index in [1.54, 1.807) is 36.4 Å². The van der Waals surface area contributed by atoms with Gasteiger partial charge in [0.1, 0.15) is 11.5 Å². The minimum atomic E-state index is -4.96. The fourth-order valence-corrected chi connectivity index (χ4v) is 28.4. The van der Waals surface area contributed by atoms with Gasteiger partial charge in [-0.05, 0) is 47.7 Å². The van der Waals surface area contributed by atoms with E-state index in [0.717, 1.165) is 120 Å². The van der Waals surface area contributed by atoms with Gasteiger partial charge in [0.05, 0.1) is 16.1 Å². The molecule has 382 valence electrons. The van der Waals surface area contributed by atoms with Crippen LogP contribution in [0, 0.1) is 0 Å². The Labute approximate surface area is 416 Å². The van der Waals surface area contributed by atoms with Crippen molar-refractivity contribution >= 4 is 63.9 Å². The monoisotopic (exact) mass is 1030 g/mol. The number of halogens is 6. The van der Waals surface area contributed by atoms with Crippen LogP contribution in [0.1, 0.15) is 151 Å². The van der Waals surface area contributed by atoms with Gasteiger partial charge in [0.15, 0.2) is 0 Å². The van der Waals surface area contributed by atoms with Crippen molar-refractivity contribution in [2.24, 2.45) is 0 Å². The van der Waals surface area contributed by atoms with E-state index in [9.17, 15) is 26.3 Å². The van der Waals surface area contributed by atoms with Crippen molar-refractivity contribution in [1.29, 1.82) is 0 Å². The van der Waals surface area contributed by atoms with Crippen LogP contribution < -0.4 is 41.1 Å². The van der Waals surface area contributed by atoms with Crippen LogP contribution in [-0.4, -0.2) is 39.4 Å². The Morgan fingerprint density at radius 3 is 1.04 bits per heavy atom. The quantitative estimate of drug-likeness (QED) is 0.0307. The highest BCUT2D eigenvalue weighted by Crippen LogP contribution is 2.60. The zero-order valence-electron chi connectivity index (χ0n) is 42.5. The van der Waals surface area contributed by atoms with Crippen LogP contribution in [0.4, 0.5) is 26.3 Å². The van der Waals surface area contributed by atoms with Gasteiger partial charge in [0.2, 0.25) is 0 Å². The first-order valence-electron chi connectivity index (χ1n) is 26.5. The highest BCUT2D eigenvalue weighted by atomic mass is 31.2. The predicted molar refractivity (Wildman–Crippen MR) is 289 cm³/mol. The maximum atomic E-state index is 14.6. The van der Waals surface area contributed by atoms with E-state index < -0.39 is 45.0 Å². The van der Waals surface area contributed by atoms with E-state index >= 15 is 0 Å². The van der Waals surface area contributed by atoms with Crippen molar-refractivity contribution in [3.05, 3.63) is 97.1 Å². The fourth-order valence-electron chi connectivity index (χ4n) is 10.8. The van der Waals surface area contributed by atoms with Crippen molar-refractivity contribution in [3.8, 4) is 11.5 Å². The summed E-state index contributed by atoms with van der Waals surface area (Å²) in [7, 11) is -7.66. The second-order valence-corrected chi connectivity index (χ2v) is 33.2. The Bertz CT molecular complexity index is 1900. The Morgan fingerprint density at radius 1 is 0.449 bits per heavy atom. The third-order valence-electron chi connectivity index (χ3n) is 14.5. The lowest BCUT2D eigenvalue weighted by Crippen LogP contribution is -2.48. The van der Waals surface area contributed by atoms with Crippen LogP contribution in [0.5, 0.6) is 11.5 Å². The number of alkyl halides is 6. The fraction of sp³-hybridized carbons (Fsp3) is 0.571. The molecule has 4 aromatic carbocycles. The maximum absolute atomic E-state index is 14.6. The van der Waals surface area contributed by atoms with Crippen molar-refractivity contribution < 1.29 is 35.8 Å². The molecule has 1 fully saturated rings. The van der Waals surface area contributed by atoms with Crippen molar-refractivity contribution in [3.63, 3.8) is 0 Å². The molecule has 1 aliphatic rings. The lowest BCUT2D eigenvalue weighted by atomic mass is 9.96. The molecule has 0 heterocycles. The largest absolute Gasteiger partial charge is 0.573 e. The van der Waals surface area contributed by atoms with Gasteiger partial charge in [-0.15, -0.1) is 26.3 Å². The molecule has 0 bridgehead atoms. The molecule has 3 nitrogen and oxygen atoms in total. The van der Waals surface area contributed by atoms with Gasteiger partial charge >= 0.3 is 12.7 Å². The predicted octanol–water partition coefficient (Wildman–Crippen LogP) is 16.6. The molecule has 0 N–H and O–H groups in total. The van der Waals surface area contributed by atoms with Gasteiger partial charge in [-0.2, -0.15) is 0 Å². The van der Waals surface area contributed by atoms with Crippen molar-refractivity contribution in [2.75, 3.05) is 0 Å². The van der Waals surface area contributed by atoms with Crippen LogP contribution in [0.25, 0.3) is 0 Å². The lowest BCUT2D eigenvalue weighted by Gasteiger charge is -2.46. The Hall–Kier alpha value is -2.69. The first-order chi connectivity index (χ1) is 33.2. The minimum Gasteiger partial charge on any atom is -0.405 e. The molecule has 4 aromatic rings. The summed E-state index contributed by atoms with van der Waals surface area (Å²) in [4.78, 5) is 0. The summed E-state index contributed by atoms with van der Waals surface area (Å²) < 4.78 is 99.6. The first kappa shape index (κ1) is 57.2. The number of hydrogen-bond donors (Lipinski definition) is 0. The molecular weight excluding hydrogens is 951 g/mol. The van der Waals surface area contributed by atoms with Gasteiger partial charge in [-0.1, -0.05) is 257 Å². The highest BCUT2D eigenvalue weighted by Gasteiger charge is 2.43. The van der Waals surface area contributed by atoms with Crippen molar-refractivity contribution in [1.82, 2.24) is 4.44 Å². The molecule has 0 aliphatic heterocycles. The summed E-state index contributed by atoms with van der Waals surface area (Å²) >= 11 is 0. The molecule has 0 spiro atoms. The number of rotatable bonds is 29. The van der Waals surface area contributed by atoms with Gasteiger partial charge in [0.25, 0.3) is 0 Å². The van der Waals surface area contributed by atoms with Gasteiger partial charge < -0.3 is 9.47 Å². The number of nitrogens with zero attached hydrogens (tertiary/aromatic N) is 1. The first-order valence-corrected chi connectivity index (χ1v) is 34.3. The Kier molecular flexibility index (Phi) is 23.2. The van der Waals surface area contributed by atoms with Gasteiger partial charge in [0, 0.05) is 32.8 Å². The van der Waals surface area contributed by atoms with Gasteiger partial charge in [-0.25, -0.2) is 4.44 Å². The number of unbranched alkanes of at least 4 members (excludes halogenated alkanes) is 6. The van der Waals surface area contributed by atoms with E-state index in [1.165, 1.54) is 58.8 Å². The van der Waals surface area contributed by atoms with Crippen LogP contribution in [-0.2, 0) is 0 Å². The molecule has 1 aliphatic carbocycles. The van der Waals surface area contributed by atoms with E-state index in [1.807, 2.05) is 0 Å². The highest BCUT2D eigenvalue weighted by molar-refractivity contribution is 7.85. The molecule has 69 heavy (non-hydrogen) atoms. The molecule has 0 amide bonds. The second kappa shape index (κ2) is 28.0. The maximum Gasteiger partial charge on any atom is 0.573 e. The Morgan fingerprint density at radius 2 is 0.754 bits per heavy atom. The minimum absolute atomic E-state index is 0.146. The van der Waals surface area contributed by atoms with E-state index in [4.69, 9.17) is 9.47 Å². The molecule has 1 saturated carbocycles. The smallest absolute Gasteiger partial charge is 0.405 e. The number of benzene rings is 4. The Balaban J connectivity index is 1.86. The molecular formula is C56H81F6NO2P2Si2. The second-order valence-electron chi connectivity index (χ2n) is 19.5. The standard InChI is InChI=1S/C56H81F6NO2P2Si2/c1-7-13-40-68(41-14-8-2,42-15-9-3)49-36-32-47(33-37-49)66(53-30-24-22-28-51(53)64-55(57,58)59)63(46-26-20-19-21-27-46)67(54-31-25-23-29-52(54)65-56(60,61)62)48-34-38-50(39-35-48)69(43-16-10-4,44-17-11-5)45-18-12-6/h22-25,28-39,46H,7-21,26-27,40-45H2,1-6H3. The van der Waals surface area contributed by atoms with Crippen LogP contribution >= 0.6 is 16.1 Å². The molecule has 5 rings (SSSR count). The molecule has 0 saturated heterocycles. The summed E-state index contributed by atoms with van der Waals surface area (Å²) in [6.45, 7) is 13.5. The molecule has 13 heteroatoms. The summed E-state index contributed by atoms with van der Waals surface area (Å²) in [5.74, 6) is -0.551. The van der Waals surface area contributed by atoms with Gasteiger partial charge in [-0.3, -0.25) is 0 Å². The number of hydrogen-bond acceptors (Lipinski definition) is 3. The third kappa shape index (κ3) is 16.2. The normalized spacial score (nSPS) is 15.1. The summed E-state index contributed by atoms with van der Waals surface area (Å²) in [6, 6.07) is 37.8. The van der Waals surface area contributed by atoms with Crippen molar-refractivity contribution in [2.45, 2.75) is 206 Å². The van der Waals surface area contributed by atoms with Crippen LogP contribution in [0.3, 0.4) is 0 Å². The summed E-state index contributed by atoms with van der Waals surface area (Å²) in [5, 5.41) is 5.32. The summed E-state index contributed by atoms with van der Waals surface area (Å²) in [6.07, 6.45) is 8.11. The molecule has 2 unspecified atom stereocenters. The lowest BCUT2D eigenvalue weighted by molar-refractivity contribution is -0.275. The van der Waals surface area contributed by atoms with E-state index in [2.05, 4.69) is 94.5 Å². The molecule has 0 aromatic heterocycles. The topological polar surface area (TPSA) is 21.7 Å². The summed E-state index contributed by atoms with van der Waals surface area (Å²) in [5.41, 5.74) is 0. The zero-order chi connectivity index (χ0) is 49.9. The number of para-hydroxylation sites is 2. The van der Waals surface area contributed by atoms with Crippen LogP contribution in [0.2, 0.25) is 36.3 Å². The average molecular weight is 1030 g/mol. The SMILES string of the molecule is CCCC[Si](CCCC)(CCCC)c1ccc(P(c2ccccc2OC(F)(F)F)N(C2CCCCC2)P(c2ccc([Si](CCCC)(CCCC)CCCC)cc2)c2ccccc2OC(F)(F)F)cc1. The third-order valence-corrected chi connectivity index (χ3v) is 31.2.